The number of aryl methyl sites for hydroxylation is 1. The second-order valence-corrected chi connectivity index (χ2v) is 9.55. The molecule has 0 spiro atoms. The summed E-state index contributed by atoms with van der Waals surface area (Å²) in [6, 6.07) is 22.6. The Morgan fingerprint density at radius 2 is 1.61 bits per heavy atom. The summed E-state index contributed by atoms with van der Waals surface area (Å²) in [6.45, 7) is 3.52. The summed E-state index contributed by atoms with van der Waals surface area (Å²) in [6.07, 6.45) is 2.96. The minimum atomic E-state index is -3.27. The zero-order valence-electron chi connectivity index (χ0n) is 17.5. The third kappa shape index (κ3) is 4.20. The second kappa shape index (κ2) is 7.96. The number of aromatic nitrogens is 2. The van der Waals surface area contributed by atoms with Crippen molar-refractivity contribution < 1.29 is 13.2 Å². The Morgan fingerprint density at radius 3 is 2.26 bits per heavy atom. The van der Waals surface area contributed by atoms with Crippen LogP contribution >= 0.6 is 0 Å². The second-order valence-electron chi connectivity index (χ2n) is 7.54. The van der Waals surface area contributed by atoms with E-state index in [2.05, 4.69) is 4.98 Å². The molecule has 0 radical (unpaired) electrons. The van der Waals surface area contributed by atoms with Crippen molar-refractivity contribution in [2.24, 2.45) is 0 Å². The van der Waals surface area contributed by atoms with E-state index in [0.29, 0.717) is 11.5 Å². The third-order valence-electron chi connectivity index (χ3n) is 5.19. The van der Waals surface area contributed by atoms with Gasteiger partial charge in [0.2, 0.25) is 0 Å². The Balaban J connectivity index is 1.78. The van der Waals surface area contributed by atoms with Gasteiger partial charge in [-0.1, -0.05) is 48.5 Å². The van der Waals surface area contributed by atoms with Crippen molar-refractivity contribution >= 4 is 15.6 Å². The van der Waals surface area contributed by atoms with E-state index in [0.717, 1.165) is 27.9 Å². The van der Waals surface area contributed by atoms with Gasteiger partial charge in [0.05, 0.1) is 4.90 Å². The SMILES string of the molecule is CC(=O)c1cn(-c2ccc(-c3cccc(S(C)(=O)=O)c3)cc2)c(-c2ccccc2C)n1. The number of sulfone groups is 1. The van der Waals surface area contributed by atoms with Crippen LogP contribution in [0, 0.1) is 6.92 Å². The van der Waals surface area contributed by atoms with E-state index >= 15 is 0 Å². The van der Waals surface area contributed by atoms with Crippen LogP contribution in [-0.4, -0.2) is 30.0 Å². The molecule has 156 valence electrons. The smallest absolute Gasteiger partial charge is 0.179 e. The molecule has 5 nitrogen and oxygen atoms in total. The Labute approximate surface area is 181 Å². The number of nitrogens with zero attached hydrogens (tertiary/aromatic N) is 2. The maximum Gasteiger partial charge on any atom is 0.179 e. The Hall–Kier alpha value is -3.51. The Morgan fingerprint density at radius 1 is 0.903 bits per heavy atom. The van der Waals surface area contributed by atoms with Crippen LogP contribution in [0.25, 0.3) is 28.2 Å². The molecule has 0 aliphatic rings. The number of rotatable bonds is 5. The molecule has 4 aromatic rings. The fourth-order valence-corrected chi connectivity index (χ4v) is 4.15. The fraction of sp³-hybridized carbons (Fsp3) is 0.120. The molecule has 0 atom stereocenters. The maximum atomic E-state index is 12.0. The van der Waals surface area contributed by atoms with E-state index < -0.39 is 9.84 Å². The van der Waals surface area contributed by atoms with Crippen LogP contribution in [0.2, 0.25) is 0 Å². The van der Waals surface area contributed by atoms with Crippen LogP contribution in [-0.2, 0) is 9.84 Å². The molecule has 3 aromatic carbocycles. The molecule has 0 saturated heterocycles. The molecule has 0 aliphatic heterocycles. The van der Waals surface area contributed by atoms with Crippen LogP contribution in [0.3, 0.4) is 0 Å². The zero-order valence-corrected chi connectivity index (χ0v) is 18.3. The van der Waals surface area contributed by atoms with Gasteiger partial charge in [-0.15, -0.1) is 0 Å². The lowest BCUT2D eigenvalue weighted by molar-refractivity contribution is 0.101. The molecular formula is C25H22N2O3S. The van der Waals surface area contributed by atoms with E-state index in [1.807, 2.05) is 66.1 Å². The number of Topliss-reactive ketones (excluding diaryl/α,β-unsaturated/α-hetero) is 1. The van der Waals surface area contributed by atoms with Crippen molar-refractivity contribution in [2.75, 3.05) is 6.26 Å². The van der Waals surface area contributed by atoms with Gasteiger partial charge >= 0.3 is 0 Å². The van der Waals surface area contributed by atoms with Crippen molar-refractivity contribution in [3.05, 3.63) is 90.3 Å². The number of hydrogen-bond donors (Lipinski definition) is 0. The summed E-state index contributed by atoms with van der Waals surface area (Å²) in [5.74, 6) is 0.609. The molecule has 4 rings (SSSR count). The topological polar surface area (TPSA) is 69.0 Å². The predicted molar refractivity (Wildman–Crippen MR) is 122 cm³/mol. The lowest BCUT2D eigenvalue weighted by Crippen LogP contribution is -1.98. The lowest BCUT2D eigenvalue weighted by Gasteiger charge is -2.11. The summed E-state index contributed by atoms with van der Waals surface area (Å²) < 4.78 is 25.7. The molecule has 31 heavy (non-hydrogen) atoms. The summed E-state index contributed by atoms with van der Waals surface area (Å²) in [5.41, 5.74) is 5.02. The fourth-order valence-electron chi connectivity index (χ4n) is 3.48. The average Bonchev–Trinajstić information content (AvgIpc) is 3.19. The highest BCUT2D eigenvalue weighted by Gasteiger charge is 2.16. The van der Waals surface area contributed by atoms with Crippen LogP contribution in [0.4, 0.5) is 0 Å². The highest BCUT2D eigenvalue weighted by molar-refractivity contribution is 7.90. The number of imidazole rings is 1. The molecule has 1 aromatic heterocycles. The first-order valence-corrected chi connectivity index (χ1v) is 11.7. The zero-order chi connectivity index (χ0) is 22.2. The maximum absolute atomic E-state index is 12.0. The lowest BCUT2D eigenvalue weighted by atomic mass is 10.1. The van der Waals surface area contributed by atoms with Gasteiger partial charge < -0.3 is 0 Å². The molecule has 0 aliphatic carbocycles. The molecule has 0 bridgehead atoms. The van der Waals surface area contributed by atoms with Crippen molar-refractivity contribution in [3.63, 3.8) is 0 Å². The average molecular weight is 431 g/mol. The third-order valence-corrected chi connectivity index (χ3v) is 6.30. The number of ketones is 1. The van der Waals surface area contributed by atoms with Crippen molar-refractivity contribution in [1.29, 1.82) is 0 Å². The summed E-state index contributed by atoms with van der Waals surface area (Å²) >= 11 is 0. The van der Waals surface area contributed by atoms with E-state index in [9.17, 15) is 13.2 Å². The van der Waals surface area contributed by atoms with Crippen molar-refractivity contribution in [1.82, 2.24) is 9.55 Å². The molecule has 1 heterocycles. The van der Waals surface area contributed by atoms with Crippen LogP contribution in [0.15, 0.2) is 83.9 Å². The molecule has 0 saturated carbocycles. The number of hydrogen-bond acceptors (Lipinski definition) is 4. The van der Waals surface area contributed by atoms with E-state index in [-0.39, 0.29) is 10.7 Å². The first kappa shape index (κ1) is 20.8. The summed E-state index contributed by atoms with van der Waals surface area (Å²) in [7, 11) is -3.27. The van der Waals surface area contributed by atoms with Crippen LogP contribution in [0.1, 0.15) is 23.0 Å². The minimum Gasteiger partial charge on any atom is -0.299 e. The minimum absolute atomic E-state index is 0.0946. The normalized spacial score (nSPS) is 11.5. The largest absolute Gasteiger partial charge is 0.299 e. The van der Waals surface area contributed by atoms with Gasteiger partial charge in [0, 0.05) is 30.6 Å². The Bertz CT molecular complexity index is 1380. The predicted octanol–water partition coefficient (Wildman–Crippen LogP) is 5.12. The molecule has 0 unspecified atom stereocenters. The Kier molecular flexibility index (Phi) is 5.33. The molecule has 0 fully saturated rings. The molecule has 6 heteroatoms. The van der Waals surface area contributed by atoms with E-state index in [1.54, 1.807) is 24.4 Å². The summed E-state index contributed by atoms with van der Waals surface area (Å²) in [4.78, 5) is 16.9. The van der Waals surface area contributed by atoms with Gasteiger partial charge in [0.15, 0.2) is 15.6 Å². The summed E-state index contributed by atoms with van der Waals surface area (Å²) in [5, 5.41) is 0. The number of benzene rings is 3. The van der Waals surface area contributed by atoms with Gasteiger partial charge in [-0.3, -0.25) is 9.36 Å². The molecule has 0 amide bonds. The van der Waals surface area contributed by atoms with Gasteiger partial charge in [0.1, 0.15) is 11.5 Å². The van der Waals surface area contributed by atoms with Gasteiger partial charge in [-0.05, 0) is 47.9 Å². The quantitative estimate of drug-likeness (QED) is 0.412. The van der Waals surface area contributed by atoms with E-state index in [1.165, 1.54) is 13.2 Å². The highest BCUT2D eigenvalue weighted by Crippen LogP contribution is 2.28. The molecular weight excluding hydrogens is 408 g/mol. The van der Waals surface area contributed by atoms with Crippen molar-refractivity contribution in [3.8, 4) is 28.2 Å². The van der Waals surface area contributed by atoms with Gasteiger partial charge in [-0.2, -0.15) is 0 Å². The monoisotopic (exact) mass is 430 g/mol. The number of carbonyl (C=O) groups excluding carboxylic acids is 1. The van der Waals surface area contributed by atoms with Crippen LogP contribution in [0.5, 0.6) is 0 Å². The first-order valence-electron chi connectivity index (χ1n) is 9.81. The van der Waals surface area contributed by atoms with Gasteiger partial charge in [0.25, 0.3) is 0 Å². The van der Waals surface area contributed by atoms with Crippen LogP contribution < -0.4 is 0 Å². The van der Waals surface area contributed by atoms with Crippen molar-refractivity contribution in [2.45, 2.75) is 18.7 Å². The highest BCUT2D eigenvalue weighted by atomic mass is 32.2. The van der Waals surface area contributed by atoms with Gasteiger partial charge in [-0.25, -0.2) is 13.4 Å². The standard InChI is InChI=1S/C25H22N2O3S/c1-17-7-4-5-10-23(17)25-26-24(18(2)28)16-27(25)21-13-11-19(12-14-21)20-8-6-9-22(15-20)31(3,29)30/h4-16H,1-3H3. The molecule has 0 N–H and O–H groups in total. The number of carbonyl (C=O) groups is 1. The van der Waals surface area contributed by atoms with E-state index in [4.69, 9.17) is 0 Å². The first-order chi connectivity index (χ1) is 14.7.